The minimum atomic E-state index is -0.136. The molecule has 18 heavy (non-hydrogen) atoms. The fourth-order valence-corrected chi connectivity index (χ4v) is 2.96. The van der Waals surface area contributed by atoms with E-state index >= 15 is 0 Å². The van der Waals surface area contributed by atoms with Crippen molar-refractivity contribution in [2.24, 2.45) is 5.73 Å². The van der Waals surface area contributed by atoms with E-state index in [0.29, 0.717) is 12.6 Å². The van der Waals surface area contributed by atoms with Crippen molar-refractivity contribution < 1.29 is 4.39 Å². The molecule has 3 nitrogen and oxygen atoms in total. The van der Waals surface area contributed by atoms with Crippen LogP contribution < -0.4 is 11.1 Å². The third kappa shape index (κ3) is 1.97. The van der Waals surface area contributed by atoms with Gasteiger partial charge in [-0.3, -0.25) is 0 Å². The van der Waals surface area contributed by atoms with Gasteiger partial charge in [-0.25, -0.2) is 4.39 Å². The Kier molecular flexibility index (Phi) is 2.96. The molecule has 1 aromatic rings. The van der Waals surface area contributed by atoms with Gasteiger partial charge >= 0.3 is 0 Å². The maximum atomic E-state index is 13.3. The topological polar surface area (TPSA) is 41.3 Å². The van der Waals surface area contributed by atoms with Crippen LogP contribution in [0, 0.1) is 5.82 Å². The molecule has 3 N–H and O–H groups in total. The zero-order chi connectivity index (χ0) is 12.5. The Balaban J connectivity index is 1.80. The summed E-state index contributed by atoms with van der Waals surface area (Å²) in [4.78, 5) is 2.31. The van der Waals surface area contributed by atoms with Crippen molar-refractivity contribution in [3.63, 3.8) is 0 Å². The van der Waals surface area contributed by atoms with E-state index in [4.69, 9.17) is 5.73 Å². The van der Waals surface area contributed by atoms with E-state index in [0.717, 1.165) is 37.2 Å². The molecule has 0 saturated carbocycles. The molecule has 0 radical (unpaired) electrons. The van der Waals surface area contributed by atoms with Gasteiger partial charge in [-0.05, 0) is 42.5 Å². The Bertz CT molecular complexity index is 484. The monoisotopic (exact) mass is 247 g/mol. The van der Waals surface area contributed by atoms with Gasteiger partial charge in [-0.15, -0.1) is 0 Å². The van der Waals surface area contributed by atoms with Gasteiger partial charge in [0.05, 0.1) is 6.67 Å². The molecule has 0 spiro atoms. The highest BCUT2D eigenvalue weighted by Gasteiger charge is 2.27. The summed E-state index contributed by atoms with van der Waals surface area (Å²) in [6.45, 7) is 1.38. The van der Waals surface area contributed by atoms with E-state index in [-0.39, 0.29) is 5.82 Å². The average molecular weight is 247 g/mol. The molecule has 0 aromatic heterocycles. The third-order valence-electron chi connectivity index (χ3n) is 3.92. The Morgan fingerprint density at radius 2 is 2.28 bits per heavy atom. The number of nitrogens with one attached hydrogen (secondary N) is 1. The Morgan fingerprint density at radius 1 is 1.39 bits per heavy atom. The Morgan fingerprint density at radius 3 is 3.11 bits per heavy atom. The second-order valence-electron chi connectivity index (χ2n) is 4.98. The highest BCUT2D eigenvalue weighted by molar-refractivity contribution is 5.31. The summed E-state index contributed by atoms with van der Waals surface area (Å²) in [5.74, 6) is -0.136. The molecule has 96 valence electrons. The molecule has 1 aliphatic carbocycles. The van der Waals surface area contributed by atoms with Crippen LogP contribution in [0.4, 0.5) is 4.39 Å². The first-order valence-corrected chi connectivity index (χ1v) is 6.44. The Hall–Kier alpha value is -1.55. The molecular formula is C14H18FN3. The number of nitrogens with two attached hydrogens (primary N) is 1. The van der Waals surface area contributed by atoms with Gasteiger partial charge in [0, 0.05) is 24.5 Å². The van der Waals surface area contributed by atoms with Crippen molar-refractivity contribution in [2.45, 2.75) is 25.3 Å². The zero-order valence-electron chi connectivity index (χ0n) is 10.3. The van der Waals surface area contributed by atoms with E-state index < -0.39 is 0 Å². The molecular weight excluding hydrogens is 229 g/mol. The molecule has 3 rings (SSSR count). The second kappa shape index (κ2) is 4.61. The maximum Gasteiger partial charge on any atom is 0.123 e. The van der Waals surface area contributed by atoms with E-state index in [1.54, 1.807) is 12.1 Å². The molecule has 0 bridgehead atoms. The van der Waals surface area contributed by atoms with Crippen molar-refractivity contribution in [1.29, 1.82) is 0 Å². The number of halogens is 1. The summed E-state index contributed by atoms with van der Waals surface area (Å²) >= 11 is 0. The first kappa shape index (κ1) is 11.5. The standard InChI is InChI=1S/C14H18FN3/c15-12-3-1-10-2-4-13(6-11(10)5-12)18-9-17-8-14(18)7-16/h1,3,5,8,13,17H,2,4,6-7,9,16H2/t13-/m0/s1. The maximum absolute atomic E-state index is 13.3. The van der Waals surface area contributed by atoms with Crippen LogP contribution in [0.2, 0.25) is 0 Å². The number of benzene rings is 1. The summed E-state index contributed by atoms with van der Waals surface area (Å²) in [5, 5.41) is 3.22. The van der Waals surface area contributed by atoms with Crippen molar-refractivity contribution in [2.75, 3.05) is 13.2 Å². The molecule has 0 fully saturated rings. The minimum Gasteiger partial charge on any atom is -0.372 e. The van der Waals surface area contributed by atoms with Gasteiger partial charge in [0.1, 0.15) is 5.82 Å². The summed E-state index contributed by atoms with van der Waals surface area (Å²) in [6.07, 6.45) is 5.03. The molecule has 1 atom stereocenters. The van der Waals surface area contributed by atoms with E-state index in [2.05, 4.69) is 10.2 Å². The Labute approximate surface area is 106 Å². The summed E-state index contributed by atoms with van der Waals surface area (Å²) < 4.78 is 13.3. The molecule has 1 aliphatic heterocycles. The number of fused-ring (bicyclic) bond motifs is 1. The lowest BCUT2D eigenvalue weighted by atomic mass is 9.87. The quantitative estimate of drug-likeness (QED) is 0.829. The number of nitrogens with zero attached hydrogens (tertiary/aromatic N) is 1. The number of aryl methyl sites for hydroxylation is 1. The minimum absolute atomic E-state index is 0.136. The number of rotatable bonds is 2. The predicted molar refractivity (Wildman–Crippen MR) is 69.2 cm³/mol. The molecule has 4 heteroatoms. The van der Waals surface area contributed by atoms with E-state index in [1.165, 1.54) is 5.56 Å². The lowest BCUT2D eigenvalue weighted by Crippen LogP contribution is -2.40. The highest BCUT2D eigenvalue weighted by atomic mass is 19.1. The van der Waals surface area contributed by atoms with Crippen molar-refractivity contribution in [3.8, 4) is 0 Å². The van der Waals surface area contributed by atoms with Crippen LogP contribution in [-0.4, -0.2) is 24.2 Å². The third-order valence-corrected chi connectivity index (χ3v) is 3.92. The summed E-state index contributed by atoms with van der Waals surface area (Å²) in [7, 11) is 0. The molecule has 1 aromatic carbocycles. The second-order valence-corrected chi connectivity index (χ2v) is 4.98. The van der Waals surface area contributed by atoms with Gasteiger partial charge in [0.2, 0.25) is 0 Å². The fourth-order valence-electron chi connectivity index (χ4n) is 2.96. The molecule has 1 heterocycles. The van der Waals surface area contributed by atoms with Crippen molar-refractivity contribution in [3.05, 3.63) is 47.0 Å². The number of hydrogen-bond donors (Lipinski definition) is 2. The normalized spacial score (nSPS) is 22.4. The first-order valence-electron chi connectivity index (χ1n) is 6.44. The summed E-state index contributed by atoms with van der Waals surface area (Å²) in [5.41, 5.74) is 9.33. The largest absolute Gasteiger partial charge is 0.372 e. The van der Waals surface area contributed by atoms with Gasteiger partial charge in [0.15, 0.2) is 0 Å². The van der Waals surface area contributed by atoms with Crippen LogP contribution in [0.5, 0.6) is 0 Å². The van der Waals surface area contributed by atoms with Gasteiger partial charge in [-0.1, -0.05) is 6.07 Å². The zero-order valence-corrected chi connectivity index (χ0v) is 10.3. The van der Waals surface area contributed by atoms with Crippen LogP contribution in [-0.2, 0) is 12.8 Å². The van der Waals surface area contributed by atoms with Crippen LogP contribution in [0.25, 0.3) is 0 Å². The molecule has 0 unspecified atom stereocenters. The van der Waals surface area contributed by atoms with Gasteiger partial charge in [-0.2, -0.15) is 0 Å². The van der Waals surface area contributed by atoms with Gasteiger partial charge in [0.25, 0.3) is 0 Å². The predicted octanol–water partition coefficient (Wildman–Crippen LogP) is 1.35. The van der Waals surface area contributed by atoms with Crippen molar-refractivity contribution in [1.82, 2.24) is 10.2 Å². The van der Waals surface area contributed by atoms with Crippen LogP contribution >= 0.6 is 0 Å². The SMILES string of the molecule is NCC1=CNCN1[C@H]1CCc2ccc(F)cc2C1. The van der Waals surface area contributed by atoms with Crippen LogP contribution in [0.15, 0.2) is 30.1 Å². The van der Waals surface area contributed by atoms with E-state index in [9.17, 15) is 4.39 Å². The lowest BCUT2D eigenvalue weighted by Gasteiger charge is -2.34. The summed E-state index contributed by atoms with van der Waals surface area (Å²) in [6, 6.07) is 5.59. The molecule has 2 aliphatic rings. The van der Waals surface area contributed by atoms with Gasteiger partial charge < -0.3 is 16.0 Å². The lowest BCUT2D eigenvalue weighted by molar-refractivity contribution is 0.240. The molecule has 0 saturated heterocycles. The fraction of sp³-hybridized carbons (Fsp3) is 0.429. The van der Waals surface area contributed by atoms with E-state index in [1.807, 2.05) is 12.3 Å². The number of hydrogen-bond acceptors (Lipinski definition) is 3. The average Bonchev–Trinajstić information content (AvgIpc) is 2.86. The molecule has 0 amide bonds. The van der Waals surface area contributed by atoms with Crippen LogP contribution in [0.1, 0.15) is 17.5 Å². The van der Waals surface area contributed by atoms with Crippen molar-refractivity contribution >= 4 is 0 Å². The van der Waals surface area contributed by atoms with Crippen LogP contribution in [0.3, 0.4) is 0 Å². The highest BCUT2D eigenvalue weighted by Crippen LogP contribution is 2.27. The smallest absolute Gasteiger partial charge is 0.123 e. The first-order chi connectivity index (χ1) is 8.78.